The van der Waals surface area contributed by atoms with E-state index in [1.165, 1.54) is 6.20 Å². The van der Waals surface area contributed by atoms with Gasteiger partial charge in [-0.1, -0.05) is 24.3 Å². The summed E-state index contributed by atoms with van der Waals surface area (Å²) in [6, 6.07) is 13.3. The molecule has 0 radical (unpaired) electrons. The summed E-state index contributed by atoms with van der Waals surface area (Å²) in [4.78, 5) is 19.4. The van der Waals surface area contributed by atoms with Crippen LogP contribution in [0, 0.1) is 0 Å². The van der Waals surface area contributed by atoms with Crippen molar-refractivity contribution in [1.82, 2.24) is 9.97 Å². The lowest BCUT2D eigenvalue weighted by atomic mass is 10.0. The van der Waals surface area contributed by atoms with E-state index < -0.39 is 5.97 Å². The molecule has 0 unspecified atom stereocenters. The second-order valence-electron chi connectivity index (χ2n) is 4.48. The Hall–Kier alpha value is -2.75. The Morgan fingerprint density at radius 3 is 2.65 bits per heavy atom. The SMILES string of the molecule is O=C(O)c1ncccc1Cc1ccnc2ccccc12. The molecule has 3 aromatic rings. The molecule has 1 N–H and O–H groups in total. The minimum Gasteiger partial charge on any atom is -0.477 e. The second-order valence-corrected chi connectivity index (χ2v) is 4.48. The predicted molar refractivity (Wildman–Crippen MR) is 75.7 cm³/mol. The first kappa shape index (κ1) is 12.3. The molecular weight excluding hydrogens is 252 g/mol. The lowest BCUT2D eigenvalue weighted by molar-refractivity contribution is 0.0689. The third-order valence-electron chi connectivity index (χ3n) is 3.21. The van der Waals surface area contributed by atoms with Crippen molar-refractivity contribution in [2.75, 3.05) is 0 Å². The van der Waals surface area contributed by atoms with E-state index in [1.807, 2.05) is 30.3 Å². The smallest absolute Gasteiger partial charge is 0.354 e. The van der Waals surface area contributed by atoms with Crippen molar-refractivity contribution in [2.24, 2.45) is 0 Å². The third-order valence-corrected chi connectivity index (χ3v) is 3.21. The standard InChI is InChI=1S/C16H12N2O2/c19-16(20)15-12(4-3-8-18-15)10-11-7-9-17-14-6-2-1-5-13(11)14/h1-9H,10H2,(H,19,20). The summed E-state index contributed by atoms with van der Waals surface area (Å²) in [6.07, 6.45) is 3.77. The molecule has 0 saturated heterocycles. The van der Waals surface area contributed by atoms with Crippen molar-refractivity contribution < 1.29 is 9.90 Å². The molecule has 0 bridgehead atoms. The fraction of sp³-hybridized carbons (Fsp3) is 0.0625. The van der Waals surface area contributed by atoms with Gasteiger partial charge in [0.05, 0.1) is 5.52 Å². The van der Waals surface area contributed by atoms with E-state index in [9.17, 15) is 9.90 Å². The van der Waals surface area contributed by atoms with Gasteiger partial charge in [-0.25, -0.2) is 9.78 Å². The molecule has 0 amide bonds. The Kier molecular flexibility index (Phi) is 3.13. The minimum atomic E-state index is -1.00. The molecule has 0 fully saturated rings. The fourth-order valence-corrected chi connectivity index (χ4v) is 2.29. The summed E-state index contributed by atoms with van der Waals surface area (Å²) in [6.45, 7) is 0. The highest BCUT2D eigenvalue weighted by Crippen LogP contribution is 2.20. The molecule has 0 spiro atoms. The van der Waals surface area contributed by atoms with Crippen molar-refractivity contribution in [3.63, 3.8) is 0 Å². The third kappa shape index (κ3) is 2.23. The van der Waals surface area contributed by atoms with Gasteiger partial charge >= 0.3 is 5.97 Å². The van der Waals surface area contributed by atoms with Crippen LogP contribution in [0.1, 0.15) is 21.6 Å². The number of carboxylic acid groups (broad SMARTS) is 1. The first-order valence-corrected chi connectivity index (χ1v) is 6.25. The highest BCUT2D eigenvalue weighted by Gasteiger charge is 2.12. The quantitative estimate of drug-likeness (QED) is 0.790. The zero-order chi connectivity index (χ0) is 13.9. The van der Waals surface area contributed by atoms with Gasteiger partial charge in [-0.2, -0.15) is 0 Å². The maximum absolute atomic E-state index is 11.2. The average Bonchev–Trinajstić information content (AvgIpc) is 2.48. The number of benzene rings is 1. The highest BCUT2D eigenvalue weighted by atomic mass is 16.4. The van der Waals surface area contributed by atoms with Gasteiger partial charge in [0, 0.05) is 24.2 Å². The molecule has 0 saturated carbocycles. The Morgan fingerprint density at radius 2 is 1.80 bits per heavy atom. The van der Waals surface area contributed by atoms with Crippen LogP contribution in [0.2, 0.25) is 0 Å². The number of carboxylic acids is 1. The molecule has 2 heterocycles. The van der Waals surface area contributed by atoms with Crippen molar-refractivity contribution >= 4 is 16.9 Å². The van der Waals surface area contributed by atoms with Crippen LogP contribution in [0.15, 0.2) is 54.9 Å². The van der Waals surface area contributed by atoms with Gasteiger partial charge in [-0.05, 0) is 29.3 Å². The Labute approximate surface area is 115 Å². The van der Waals surface area contributed by atoms with Crippen LogP contribution in [0.4, 0.5) is 0 Å². The predicted octanol–water partition coefficient (Wildman–Crippen LogP) is 2.92. The lowest BCUT2D eigenvalue weighted by Crippen LogP contribution is -2.06. The average molecular weight is 264 g/mol. The van der Waals surface area contributed by atoms with Gasteiger partial charge in [0.25, 0.3) is 0 Å². The van der Waals surface area contributed by atoms with Crippen molar-refractivity contribution in [3.05, 3.63) is 71.7 Å². The van der Waals surface area contributed by atoms with E-state index >= 15 is 0 Å². The molecule has 1 aromatic carbocycles. The van der Waals surface area contributed by atoms with Gasteiger partial charge in [-0.3, -0.25) is 4.98 Å². The van der Waals surface area contributed by atoms with E-state index in [0.717, 1.165) is 16.5 Å². The number of nitrogens with zero attached hydrogens (tertiary/aromatic N) is 2. The molecule has 4 nitrogen and oxygen atoms in total. The zero-order valence-electron chi connectivity index (χ0n) is 10.7. The van der Waals surface area contributed by atoms with Crippen molar-refractivity contribution in [3.8, 4) is 0 Å². The topological polar surface area (TPSA) is 63.1 Å². The molecule has 0 atom stereocenters. The number of para-hydroxylation sites is 1. The number of rotatable bonds is 3. The molecule has 4 heteroatoms. The lowest BCUT2D eigenvalue weighted by Gasteiger charge is -2.08. The van der Waals surface area contributed by atoms with Crippen LogP contribution in [-0.2, 0) is 6.42 Å². The van der Waals surface area contributed by atoms with E-state index in [-0.39, 0.29) is 5.69 Å². The van der Waals surface area contributed by atoms with Gasteiger partial charge in [0.2, 0.25) is 0 Å². The number of aromatic nitrogens is 2. The maximum Gasteiger partial charge on any atom is 0.354 e. The molecule has 3 rings (SSSR count). The summed E-state index contributed by atoms with van der Waals surface area (Å²) < 4.78 is 0. The second kappa shape index (κ2) is 5.09. The number of carbonyl (C=O) groups is 1. The van der Waals surface area contributed by atoms with E-state index in [4.69, 9.17) is 0 Å². The number of aromatic carboxylic acids is 1. The van der Waals surface area contributed by atoms with Crippen LogP contribution < -0.4 is 0 Å². The fourth-order valence-electron chi connectivity index (χ4n) is 2.29. The Balaban J connectivity index is 2.08. The van der Waals surface area contributed by atoms with Gasteiger partial charge in [0.15, 0.2) is 5.69 Å². The number of hydrogen-bond donors (Lipinski definition) is 1. The van der Waals surface area contributed by atoms with E-state index in [0.29, 0.717) is 12.0 Å². The highest BCUT2D eigenvalue weighted by molar-refractivity contribution is 5.88. The van der Waals surface area contributed by atoms with Crippen LogP contribution in [0.25, 0.3) is 10.9 Å². The normalized spacial score (nSPS) is 10.6. The van der Waals surface area contributed by atoms with E-state index in [1.54, 1.807) is 18.3 Å². The summed E-state index contributed by atoms with van der Waals surface area (Å²) in [5.74, 6) is -1.00. The van der Waals surface area contributed by atoms with Gasteiger partial charge in [0.1, 0.15) is 0 Å². The first-order valence-electron chi connectivity index (χ1n) is 6.25. The summed E-state index contributed by atoms with van der Waals surface area (Å²) in [5, 5.41) is 10.2. The van der Waals surface area contributed by atoms with Crippen molar-refractivity contribution in [1.29, 1.82) is 0 Å². The molecule has 0 aliphatic carbocycles. The van der Waals surface area contributed by atoms with Crippen LogP contribution in [-0.4, -0.2) is 21.0 Å². The summed E-state index contributed by atoms with van der Waals surface area (Å²) in [5.41, 5.74) is 2.77. The Bertz CT molecular complexity index is 779. The van der Waals surface area contributed by atoms with E-state index in [2.05, 4.69) is 9.97 Å². The van der Waals surface area contributed by atoms with Crippen LogP contribution >= 0.6 is 0 Å². The van der Waals surface area contributed by atoms with Crippen molar-refractivity contribution in [2.45, 2.75) is 6.42 Å². The zero-order valence-corrected chi connectivity index (χ0v) is 10.7. The molecule has 0 aliphatic heterocycles. The van der Waals surface area contributed by atoms with Gasteiger partial charge < -0.3 is 5.11 Å². The van der Waals surface area contributed by atoms with Crippen LogP contribution in [0.5, 0.6) is 0 Å². The minimum absolute atomic E-state index is 0.105. The number of hydrogen-bond acceptors (Lipinski definition) is 3. The monoisotopic (exact) mass is 264 g/mol. The molecular formula is C16H12N2O2. The van der Waals surface area contributed by atoms with Gasteiger partial charge in [-0.15, -0.1) is 0 Å². The molecule has 2 aromatic heterocycles. The number of fused-ring (bicyclic) bond motifs is 1. The largest absolute Gasteiger partial charge is 0.477 e. The summed E-state index contributed by atoms with van der Waals surface area (Å²) >= 11 is 0. The molecule has 98 valence electrons. The maximum atomic E-state index is 11.2. The molecule has 0 aliphatic rings. The molecule has 20 heavy (non-hydrogen) atoms. The first-order chi connectivity index (χ1) is 9.75. The number of pyridine rings is 2. The Morgan fingerprint density at radius 1 is 0.950 bits per heavy atom. The van der Waals surface area contributed by atoms with Crippen LogP contribution in [0.3, 0.4) is 0 Å². The summed E-state index contributed by atoms with van der Waals surface area (Å²) in [7, 11) is 0.